The van der Waals surface area contributed by atoms with Crippen LogP contribution in [0.25, 0.3) is 11.1 Å². The number of nitrogen functional groups attached to an aromatic ring is 1. The molecule has 2 amide bonds. The summed E-state index contributed by atoms with van der Waals surface area (Å²) in [6.07, 6.45) is 0. The number of nitrogens with zero attached hydrogens (tertiary/aromatic N) is 3. The monoisotopic (exact) mass is 553 g/mol. The van der Waals surface area contributed by atoms with Crippen LogP contribution in [0.1, 0.15) is 5.69 Å². The molecule has 2 aliphatic heterocycles. The number of carbonyl (C=O) groups is 3. The highest BCUT2D eigenvalue weighted by molar-refractivity contribution is 8.06. The number of carbonyl (C=O) groups excluding carboxylic acids is 2. The molecule has 13 heteroatoms. The Labute approximate surface area is 223 Å². The van der Waals surface area contributed by atoms with Crippen LogP contribution in [0, 0.1) is 0 Å². The van der Waals surface area contributed by atoms with Gasteiger partial charge in [0.25, 0.3) is 11.8 Å². The van der Waals surface area contributed by atoms with E-state index in [0.717, 1.165) is 27.4 Å². The van der Waals surface area contributed by atoms with Gasteiger partial charge in [0.15, 0.2) is 10.8 Å². The predicted octanol–water partition coefficient (Wildman–Crippen LogP) is 3.06. The third kappa shape index (κ3) is 4.68. The summed E-state index contributed by atoms with van der Waals surface area (Å²) in [5.74, 6) is -2.27. The van der Waals surface area contributed by atoms with Gasteiger partial charge in [0.05, 0.1) is 0 Å². The number of oxime groups is 1. The van der Waals surface area contributed by atoms with Crippen molar-refractivity contribution >= 4 is 63.5 Å². The van der Waals surface area contributed by atoms with Gasteiger partial charge < -0.3 is 21.4 Å². The fraction of sp³-hybridized carbons (Fsp3) is 0.125. The number of aliphatic carboxylic acids is 1. The van der Waals surface area contributed by atoms with Gasteiger partial charge in [0.1, 0.15) is 22.8 Å². The van der Waals surface area contributed by atoms with E-state index in [4.69, 9.17) is 5.73 Å². The first-order valence-electron chi connectivity index (χ1n) is 10.9. The molecule has 0 saturated carbocycles. The molecule has 2 atom stereocenters. The number of anilines is 1. The number of rotatable bonds is 7. The smallest absolute Gasteiger partial charge is 0.353 e. The molecule has 1 fully saturated rings. The van der Waals surface area contributed by atoms with Gasteiger partial charge in [-0.3, -0.25) is 14.5 Å². The first-order chi connectivity index (χ1) is 17.9. The number of thiazole rings is 1. The van der Waals surface area contributed by atoms with Crippen molar-refractivity contribution in [2.45, 2.75) is 16.3 Å². The summed E-state index contributed by atoms with van der Waals surface area (Å²) in [6.45, 7) is 0. The van der Waals surface area contributed by atoms with E-state index in [1.165, 1.54) is 33.8 Å². The molecule has 0 bridgehead atoms. The zero-order valence-electron chi connectivity index (χ0n) is 18.9. The molecule has 1 saturated heterocycles. The molecule has 0 unspecified atom stereocenters. The van der Waals surface area contributed by atoms with E-state index in [-0.39, 0.29) is 22.2 Å². The third-order valence-electron chi connectivity index (χ3n) is 5.71. The number of benzene rings is 2. The highest BCUT2D eigenvalue weighted by Crippen LogP contribution is 2.46. The van der Waals surface area contributed by atoms with Gasteiger partial charge >= 0.3 is 5.97 Å². The topological polar surface area (TPSA) is 158 Å². The molecular weight excluding hydrogens is 534 g/mol. The van der Waals surface area contributed by atoms with Crippen LogP contribution in [-0.4, -0.2) is 60.9 Å². The maximum Gasteiger partial charge on any atom is 0.353 e. The van der Waals surface area contributed by atoms with Crippen molar-refractivity contribution in [3.8, 4) is 11.1 Å². The van der Waals surface area contributed by atoms with Gasteiger partial charge in [0.2, 0.25) is 0 Å². The number of carboxylic acid groups (broad SMARTS) is 1. The fourth-order valence-corrected chi connectivity index (χ4v) is 7.20. The maximum atomic E-state index is 13.0. The van der Waals surface area contributed by atoms with E-state index in [1.807, 2.05) is 54.6 Å². The lowest BCUT2D eigenvalue weighted by Crippen LogP contribution is -2.71. The van der Waals surface area contributed by atoms with E-state index in [1.54, 1.807) is 0 Å². The third-order valence-corrected chi connectivity index (χ3v) is 9.00. The molecule has 0 radical (unpaired) electrons. The molecule has 5 N–H and O–H groups in total. The molecule has 5 rings (SSSR count). The quantitative estimate of drug-likeness (QED) is 0.149. The molecule has 188 valence electrons. The number of nitrogens with two attached hydrogens (primary N) is 1. The Hall–Kier alpha value is -3.81. The summed E-state index contributed by atoms with van der Waals surface area (Å²) in [7, 11) is 0. The zero-order chi connectivity index (χ0) is 26.1. The maximum absolute atomic E-state index is 13.0. The summed E-state index contributed by atoms with van der Waals surface area (Å²) in [5, 5.41) is 25.9. The normalized spacial score (nSPS) is 19.3. The number of thioether (sulfide) groups is 2. The summed E-state index contributed by atoms with van der Waals surface area (Å²) in [6, 6.07) is 16.4. The molecule has 0 aliphatic carbocycles. The average Bonchev–Trinajstić information content (AvgIpc) is 3.33. The number of fused-ring (bicyclic) bond motifs is 1. The van der Waals surface area contributed by atoms with Gasteiger partial charge in [-0.15, -0.1) is 23.1 Å². The van der Waals surface area contributed by atoms with E-state index < -0.39 is 29.2 Å². The van der Waals surface area contributed by atoms with Crippen LogP contribution in [0.4, 0.5) is 5.13 Å². The number of nitrogens with one attached hydrogen (secondary N) is 1. The first-order valence-corrected chi connectivity index (χ1v) is 13.6. The molecule has 2 aromatic carbocycles. The second-order valence-electron chi connectivity index (χ2n) is 7.92. The zero-order valence-corrected chi connectivity index (χ0v) is 21.3. The molecule has 2 aliphatic rings. The molecule has 37 heavy (non-hydrogen) atoms. The number of hydrogen-bond donors (Lipinski definition) is 4. The summed E-state index contributed by atoms with van der Waals surface area (Å²) >= 11 is 3.73. The second kappa shape index (κ2) is 10.3. The second-order valence-corrected chi connectivity index (χ2v) is 11.1. The van der Waals surface area contributed by atoms with Crippen molar-refractivity contribution < 1.29 is 24.7 Å². The standard InChI is InChI=1S/C24H19N5O5S3/c25-24-26-14(10-36-24)17(28-34)20(30)27-18-21(31)29-19(23(32)33)16(11-35-22(18)29)37-15-9-5-4-8-13(15)12-6-2-1-3-7-12/h1-10,18,22,34H,11H2,(H2,25,26)(H,27,30)(H,32,33)/b28-17-/t18-,22-/m1/s1. The van der Waals surface area contributed by atoms with Crippen molar-refractivity contribution in [2.24, 2.45) is 5.16 Å². The first kappa shape index (κ1) is 24.9. The van der Waals surface area contributed by atoms with E-state index >= 15 is 0 Å². The lowest BCUT2D eigenvalue weighted by Gasteiger charge is -2.49. The lowest BCUT2D eigenvalue weighted by atomic mass is 10.0. The van der Waals surface area contributed by atoms with Gasteiger partial charge in [-0.1, -0.05) is 65.4 Å². The molecule has 1 aromatic heterocycles. The Bertz CT molecular complexity index is 1460. The number of β-lactam (4-membered cyclic amide) rings is 1. The highest BCUT2D eigenvalue weighted by Gasteiger charge is 2.54. The van der Waals surface area contributed by atoms with Crippen molar-refractivity contribution in [3.05, 3.63) is 76.3 Å². The van der Waals surface area contributed by atoms with E-state index in [9.17, 15) is 24.7 Å². The van der Waals surface area contributed by atoms with Crippen molar-refractivity contribution in [2.75, 3.05) is 11.5 Å². The van der Waals surface area contributed by atoms with Gasteiger partial charge in [-0.2, -0.15) is 0 Å². The Morgan fingerprint density at radius 1 is 1.16 bits per heavy atom. The molecular formula is C24H19N5O5S3. The largest absolute Gasteiger partial charge is 0.477 e. The van der Waals surface area contributed by atoms with Crippen LogP contribution in [-0.2, 0) is 14.4 Å². The summed E-state index contributed by atoms with van der Waals surface area (Å²) < 4.78 is 0. The Morgan fingerprint density at radius 2 is 1.89 bits per heavy atom. The van der Waals surface area contributed by atoms with Crippen molar-refractivity contribution in [3.63, 3.8) is 0 Å². The van der Waals surface area contributed by atoms with Crippen molar-refractivity contribution in [1.29, 1.82) is 0 Å². The van der Waals surface area contributed by atoms with E-state index in [0.29, 0.717) is 10.7 Å². The molecule has 3 aromatic rings. The number of aromatic nitrogens is 1. The molecule has 0 spiro atoms. The van der Waals surface area contributed by atoms with Crippen LogP contribution < -0.4 is 11.1 Å². The predicted molar refractivity (Wildman–Crippen MR) is 142 cm³/mol. The Balaban J connectivity index is 1.38. The van der Waals surface area contributed by atoms with Crippen LogP contribution >= 0.6 is 34.9 Å². The fourth-order valence-electron chi connectivity index (χ4n) is 4.03. The van der Waals surface area contributed by atoms with Gasteiger partial charge in [-0.25, -0.2) is 9.78 Å². The lowest BCUT2D eigenvalue weighted by molar-refractivity contribution is -0.150. The Kier molecular flexibility index (Phi) is 6.91. The number of carboxylic acids is 1. The van der Waals surface area contributed by atoms with Crippen LogP contribution in [0.2, 0.25) is 0 Å². The minimum Gasteiger partial charge on any atom is -0.477 e. The summed E-state index contributed by atoms with van der Waals surface area (Å²) in [5.41, 5.74) is 7.12. The molecule has 3 heterocycles. The van der Waals surface area contributed by atoms with Crippen LogP contribution in [0.15, 0.2) is 80.6 Å². The summed E-state index contributed by atoms with van der Waals surface area (Å²) in [4.78, 5) is 44.6. The van der Waals surface area contributed by atoms with Crippen LogP contribution in [0.3, 0.4) is 0 Å². The SMILES string of the molecule is Nc1nc(/C(=N/O)C(=O)N[C@@H]2C(=O)N3C(C(=O)O)=C(Sc4ccccc4-c4ccccc4)CS[C@H]23)cs1. The number of amides is 2. The minimum atomic E-state index is -1.22. The number of hydrogen-bond acceptors (Lipinski definition) is 10. The Morgan fingerprint density at radius 3 is 2.57 bits per heavy atom. The average molecular weight is 554 g/mol. The molecule has 10 nitrogen and oxygen atoms in total. The van der Waals surface area contributed by atoms with E-state index in [2.05, 4.69) is 15.5 Å². The van der Waals surface area contributed by atoms with Gasteiger partial charge in [-0.05, 0) is 17.2 Å². The minimum absolute atomic E-state index is 0.0734. The van der Waals surface area contributed by atoms with Crippen LogP contribution in [0.5, 0.6) is 0 Å². The van der Waals surface area contributed by atoms with Crippen molar-refractivity contribution in [1.82, 2.24) is 15.2 Å². The van der Waals surface area contributed by atoms with Gasteiger partial charge in [0, 0.05) is 20.9 Å². The highest BCUT2D eigenvalue weighted by atomic mass is 32.2.